The summed E-state index contributed by atoms with van der Waals surface area (Å²) in [6.45, 7) is 6.59. The first-order valence-corrected chi connectivity index (χ1v) is 8.84. The summed E-state index contributed by atoms with van der Waals surface area (Å²) in [7, 11) is 0. The van der Waals surface area contributed by atoms with E-state index in [1.807, 2.05) is 39.0 Å². The van der Waals surface area contributed by atoms with Crippen molar-refractivity contribution in [3.8, 4) is 16.9 Å². The normalized spacial score (nSPS) is 17.6. The number of benzene rings is 2. The van der Waals surface area contributed by atoms with E-state index in [0.29, 0.717) is 24.3 Å². The van der Waals surface area contributed by atoms with Gasteiger partial charge in [0.15, 0.2) is 0 Å². The number of hydrogen-bond acceptors (Lipinski definition) is 3. The molecule has 0 spiro atoms. The third-order valence-corrected chi connectivity index (χ3v) is 4.74. The van der Waals surface area contributed by atoms with Crippen LogP contribution in [-0.4, -0.2) is 12.7 Å². The van der Waals surface area contributed by atoms with E-state index in [4.69, 9.17) is 15.2 Å². The minimum absolute atomic E-state index is 0.271. The molecule has 0 saturated carbocycles. The highest BCUT2D eigenvalue weighted by Gasteiger charge is 2.41. The lowest BCUT2D eigenvalue weighted by molar-refractivity contribution is 0.0392. The highest BCUT2D eigenvalue weighted by Crippen LogP contribution is 2.48. The molecule has 26 heavy (non-hydrogen) atoms. The van der Waals surface area contributed by atoms with Gasteiger partial charge in [0, 0.05) is 5.41 Å². The van der Waals surface area contributed by atoms with Crippen LogP contribution in [-0.2, 0) is 11.2 Å². The van der Waals surface area contributed by atoms with Crippen LogP contribution in [0.2, 0.25) is 0 Å². The maximum Gasteiger partial charge on any atom is 0.405 e. The zero-order chi connectivity index (χ0) is 18.9. The largest absolute Gasteiger partial charge is 0.493 e. The molecule has 1 amide bonds. The van der Waals surface area contributed by atoms with Crippen molar-refractivity contribution in [3.63, 3.8) is 0 Å². The van der Waals surface area contributed by atoms with Gasteiger partial charge in [0.1, 0.15) is 17.7 Å². The summed E-state index contributed by atoms with van der Waals surface area (Å²) >= 11 is 0. The van der Waals surface area contributed by atoms with Crippen LogP contribution < -0.4 is 10.5 Å². The third-order valence-electron chi connectivity index (χ3n) is 4.74. The van der Waals surface area contributed by atoms with E-state index >= 15 is 0 Å². The van der Waals surface area contributed by atoms with Crippen LogP contribution in [0.5, 0.6) is 5.75 Å². The van der Waals surface area contributed by atoms with Crippen LogP contribution in [0, 0.1) is 11.2 Å². The molecule has 1 aliphatic rings. The number of fused-ring (bicyclic) bond motifs is 1. The van der Waals surface area contributed by atoms with Crippen LogP contribution in [0.1, 0.15) is 44.4 Å². The number of rotatable bonds is 5. The van der Waals surface area contributed by atoms with Crippen molar-refractivity contribution in [3.05, 3.63) is 53.3 Å². The molecule has 3 rings (SSSR count). The summed E-state index contributed by atoms with van der Waals surface area (Å²) in [6.07, 6.45) is 0.374. The van der Waals surface area contributed by atoms with Crippen LogP contribution >= 0.6 is 0 Å². The molecule has 2 aromatic rings. The number of halogens is 1. The molecule has 1 unspecified atom stereocenters. The Morgan fingerprint density at radius 1 is 1.31 bits per heavy atom. The molecule has 0 saturated heterocycles. The smallest absolute Gasteiger partial charge is 0.405 e. The molecule has 1 aliphatic carbocycles. The molecule has 0 bridgehead atoms. The first kappa shape index (κ1) is 18.2. The molecule has 138 valence electrons. The SMILES string of the molecule is CCCOc1cccc(F)c1-c1ccc2c(c1)CC(C)(C)C2OC(N)=O. The van der Waals surface area contributed by atoms with Gasteiger partial charge in [0.05, 0.1) is 12.2 Å². The van der Waals surface area contributed by atoms with Gasteiger partial charge in [0.2, 0.25) is 0 Å². The average Bonchev–Trinajstić information content (AvgIpc) is 2.82. The van der Waals surface area contributed by atoms with Crippen LogP contribution in [0.25, 0.3) is 11.1 Å². The molecule has 5 heteroatoms. The zero-order valence-corrected chi connectivity index (χ0v) is 15.3. The van der Waals surface area contributed by atoms with Crippen molar-refractivity contribution < 1.29 is 18.7 Å². The number of carbonyl (C=O) groups excluding carboxylic acids is 1. The second-order valence-corrected chi connectivity index (χ2v) is 7.36. The maximum absolute atomic E-state index is 14.5. The van der Waals surface area contributed by atoms with E-state index in [-0.39, 0.29) is 11.2 Å². The van der Waals surface area contributed by atoms with E-state index in [2.05, 4.69) is 0 Å². The van der Waals surface area contributed by atoms with Gasteiger partial charge in [-0.1, -0.05) is 45.0 Å². The van der Waals surface area contributed by atoms with Crippen molar-refractivity contribution in [1.82, 2.24) is 0 Å². The number of carbonyl (C=O) groups is 1. The summed E-state index contributed by atoms with van der Waals surface area (Å²) in [4.78, 5) is 11.3. The van der Waals surface area contributed by atoms with Gasteiger partial charge in [-0.25, -0.2) is 9.18 Å². The predicted molar refractivity (Wildman–Crippen MR) is 98.5 cm³/mol. The first-order chi connectivity index (χ1) is 12.3. The summed E-state index contributed by atoms with van der Waals surface area (Å²) < 4.78 is 25.6. The summed E-state index contributed by atoms with van der Waals surface area (Å²) in [5, 5.41) is 0. The molecule has 0 heterocycles. The van der Waals surface area contributed by atoms with Gasteiger partial charge in [-0.3, -0.25) is 0 Å². The standard InChI is InChI=1S/C21H24FNO3/c1-4-10-25-17-7-5-6-16(22)18(17)13-8-9-15-14(11-13)12-21(2,3)19(15)26-20(23)24/h5-9,11,19H,4,10,12H2,1-3H3,(H2,23,24). The molecule has 0 aromatic heterocycles. The Balaban J connectivity index is 2.03. The maximum atomic E-state index is 14.5. The second kappa shape index (κ2) is 6.98. The van der Waals surface area contributed by atoms with E-state index < -0.39 is 12.2 Å². The Morgan fingerprint density at radius 2 is 2.08 bits per heavy atom. The van der Waals surface area contributed by atoms with E-state index in [0.717, 1.165) is 23.1 Å². The van der Waals surface area contributed by atoms with Gasteiger partial charge < -0.3 is 15.2 Å². The van der Waals surface area contributed by atoms with E-state index in [9.17, 15) is 9.18 Å². The highest BCUT2D eigenvalue weighted by atomic mass is 19.1. The van der Waals surface area contributed by atoms with E-state index in [1.165, 1.54) is 6.07 Å². The van der Waals surface area contributed by atoms with E-state index in [1.54, 1.807) is 12.1 Å². The third kappa shape index (κ3) is 3.39. The number of primary amides is 1. The van der Waals surface area contributed by atoms with Crippen LogP contribution in [0.15, 0.2) is 36.4 Å². The van der Waals surface area contributed by atoms with Crippen molar-refractivity contribution in [1.29, 1.82) is 0 Å². The van der Waals surface area contributed by atoms with Gasteiger partial charge in [-0.05, 0) is 41.7 Å². The molecule has 4 nitrogen and oxygen atoms in total. The predicted octanol–water partition coefficient (Wildman–Crippen LogP) is 5.00. The lowest BCUT2D eigenvalue weighted by atomic mass is 9.87. The van der Waals surface area contributed by atoms with Gasteiger partial charge in [-0.2, -0.15) is 0 Å². The van der Waals surface area contributed by atoms with Gasteiger partial charge >= 0.3 is 6.09 Å². The monoisotopic (exact) mass is 357 g/mol. The molecule has 0 radical (unpaired) electrons. The Bertz CT molecular complexity index is 832. The fourth-order valence-electron chi connectivity index (χ4n) is 3.63. The lowest BCUT2D eigenvalue weighted by Gasteiger charge is -2.26. The van der Waals surface area contributed by atoms with Crippen LogP contribution in [0.3, 0.4) is 0 Å². The topological polar surface area (TPSA) is 61.6 Å². The highest BCUT2D eigenvalue weighted by molar-refractivity contribution is 5.73. The molecule has 2 aromatic carbocycles. The Hall–Kier alpha value is -2.56. The van der Waals surface area contributed by atoms with Gasteiger partial charge in [-0.15, -0.1) is 0 Å². The number of ether oxygens (including phenoxy) is 2. The molecule has 1 atom stereocenters. The Morgan fingerprint density at radius 3 is 2.77 bits per heavy atom. The summed E-state index contributed by atoms with van der Waals surface area (Å²) in [5.41, 5.74) is 8.12. The minimum Gasteiger partial charge on any atom is -0.493 e. The average molecular weight is 357 g/mol. The Labute approximate surface area is 153 Å². The Kier molecular flexibility index (Phi) is 4.90. The summed E-state index contributed by atoms with van der Waals surface area (Å²) in [5.74, 6) is 0.217. The first-order valence-electron chi connectivity index (χ1n) is 8.84. The van der Waals surface area contributed by atoms with Crippen molar-refractivity contribution in [2.75, 3.05) is 6.61 Å². The van der Waals surface area contributed by atoms with Crippen LogP contribution in [0.4, 0.5) is 9.18 Å². The fraction of sp³-hybridized carbons (Fsp3) is 0.381. The zero-order valence-electron chi connectivity index (χ0n) is 15.3. The summed E-state index contributed by atoms with van der Waals surface area (Å²) in [6, 6.07) is 10.6. The lowest BCUT2D eigenvalue weighted by Crippen LogP contribution is -2.25. The number of nitrogens with two attached hydrogens (primary N) is 1. The molecule has 2 N–H and O–H groups in total. The molecular formula is C21H24FNO3. The van der Waals surface area contributed by atoms with Crippen molar-refractivity contribution in [2.45, 2.75) is 39.7 Å². The number of amides is 1. The molecule has 0 fully saturated rings. The molecular weight excluding hydrogens is 333 g/mol. The van der Waals surface area contributed by atoms with Gasteiger partial charge in [0.25, 0.3) is 0 Å². The number of hydrogen-bond donors (Lipinski definition) is 1. The second-order valence-electron chi connectivity index (χ2n) is 7.36. The fourth-order valence-corrected chi connectivity index (χ4v) is 3.63. The molecule has 0 aliphatic heterocycles. The quantitative estimate of drug-likeness (QED) is 0.819. The minimum atomic E-state index is -0.788. The van der Waals surface area contributed by atoms with Crippen molar-refractivity contribution >= 4 is 6.09 Å². The van der Waals surface area contributed by atoms with Crippen molar-refractivity contribution in [2.24, 2.45) is 11.1 Å².